The first-order valence-corrected chi connectivity index (χ1v) is 5.17. The fourth-order valence-corrected chi connectivity index (χ4v) is 1.72. The molecule has 0 radical (unpaired) electrons. The van der Waals surface area contributed by atoms with Crippen LogP contribution in [0.1, 0.15) is 0 Å². The third-order valence-corrected chi connectivity index (χ3v) is 2.60. The van der Waals surface area contributed by atoms with Gasteiger partial charge in [0.25, 0.3) is 0 Å². The highest BCUT2D eigenvalue weighted by atomic mass is 79.9. The van der Waals surface area contributed by atoms with Crippen molar-refractivity contribution < 1.29 is 0 Å². The molecule has 0 aromatic carbocycles. The Morgan fingerprint density at radius 1 is 1.21 bits per heavy atom. The topological polar surface area (TPSA) is 25.8 Å². The largest absolute Gasteiger partial charge is 0.264 e. The van der Waals surface area contributed by atoms with Gasteiger partial charge in [-0.15, -0.1) is 0 Å². The molecule has 2 aromatic rings. The molecule has 4 heteroatoms. The smallest absolute Gasteiger partial charge is 0.129 e. The minimum Gasteiger partial charge on any atom is -0.264 e. The maximum Gasteiger partial charge on any atom is 0.129 e. The van der Waals surface area contributed by atoms with E-state index in [2.05, 4.69) is 25.9 Å². The lowest BCUT2D eigenvalue weighted by atomic mass is 10.2. The van der Waals surface area contributed by atoms with Gasteiger partial charge < -0.3 is 0 Å². The van der Waals surface area contributed by atoms with E-state index in [4.69, 9.17) is 11.6 Å². The van der Waals surface area contributed by atoms with E-state index in [-0.39, 0.29) is 0 Å². The van der Waals surface area contributed by atoms with Gasteiger partial charge in [-0.3, -0.25) is 4.98 Å². The Bertz CT molecular complexity index is 445. The predicted molar refractivity (Wildman–Crippen MR) is 60.2 cm³/mol. The fourth-order valence-electron chi connectivity index (χ4n) is 1.12. The van der Waals surface area contributed by atoms with Gasteiger partial charge >= 0.3 is 0 Å². The van der Waals surface area contributed by atoms with Crippen LogP contribution in [0.15, 0.2) is 41.1 Å². The second-order valence-electron chi connectivity index (χ2n) is 2.71. The number of pyridine rings is 2. The molecular formula is C10H6BrClN2. The summed E-state index contributed by atoms with van der Waals surface area (Å²) >= 11 is 9.23. The molecule has 0 aliphatic carbocycles. The van der Waals surface area contributed by atoms with Crippen LogP contribution in [-0.4, -0.2) is 9.97 Å². The van der Waals surface area contributed by atoms with Crippen molar-refractivity contribution in [2.75, 3.05) is 0 Å². The van der Waals surface area contributed by atoms with Crippen molar-refractivity contribution in [2.45, 2.75) is 0 Å². The summed E-state index contributed by atoms with van der Waals surface area (Å²) in [5, 5.41) is 0.479. The van der Waals surface area contributed by atoms with Crippen molar-refractivity contribution in [1.82, 2.24) is 9.97 Å². The van der Waals surface area contributed by atoms with Gasteiger partial charge in [0.15, 0.2) is 0 Å². The Labute approximate surface area is 95.1 Å². The zero-order chi connectivity index (χ0) is 9.97. The summed E-state index contributed by atoms with van der Waals surface area (Å²) in [6.07, 6.45) is 3.48. The van der Waals surface area contributed by atoms with E-state index in [1.807, 2.05) is 18.2 Å². The molecule has 0 spiro atoms. The molecule has 0 amide bonds. The van der Waals surface area contributed by atoms with Gasteiger partial charge in [0, 0.05) is 22.4 Å². The van der Waals surface area contributed by atoms with Gasteiger partial charge in [0.2, 0.25) is 0 Å². The van der Waals surface area contributed by atoms with Crippen molar-refractivity contribution in [3.8, 4) is 11.3 Å². The number of aromatic nitrogens is 2. The first-order valence-electron chi connectivity index (χ1n) is 4.00. The Kier molecular flexibility index (Phi) is 2.79. The number of hydrogen-bond donors (Lipinski definition) is 0. The van der Waals surface area contributed by atoms with E-state index in [0.29, 0.717) is 5.15 Å². The normalized spacial score (nSPS) is 10.1. The standard InChI is InChI=1S/C10H6BrClN2/c11-8-3-4-9(12)14-10(8)7-2-1-5-13-6-7/h1-6H. The van der Waals surface area contributed by atoms with Crippen LogP contribution in [0.4, 0.5) is 0 Å². The lowest BCUT2D eigenvalue weighted by molar-refractivity contribution is 1.27. The Morgan fingerprint density at radius 3 is 2.79 bits per heavy atom. The molecule has 0 aliphatic heterocycles. The summed E-state index contributed by atoms with van der Waals surface area (Å²) in [5.74, 6) is 0. The molecular weight excluding hydrogens is 263 g/mol. The lowest BCUT2D eigenvalue weighted by Gasteiger charge is -2.02. The van der Waals surface area contributed by atoms with Crippen molar-refractivity contribution in [3.05, 3.63) is 46.3 Å². The average Bonchev–Trinajstić information content (AvgIpc) is 2.23. The first kappa shape index (κ1) is 9.62. The third-order valence-electron chi connectivity index (χ3n) is 1.75. The van der Waals surface area contributed by atoms with Crippen LogP contribution in [0, 0.1) is 0 Å². The van der Waals surface area contributed by atoms with Gasteiger partial charge in [0.05, 0.1) is 5.69 Å². The van der Waals surface area contributed by atoms with Crippen LogP contribution < -0.4 is 0 Å². The molecule has 14 heavy (non-hydrogen) atoms. The van der Waals surface area contributed by atoms with Crippen LogP contribution in [0.3, 0.4) is 0 Å². The summed E-state index contributed by atoms with van der Waals surface area (Å²) in [7, 11) is 0. The van der Waals surface area contributed by atoms with Gasteiger partial charge in [0.1, 0.15) is 5.15 Å². The maximum atomic E-state index is 5.81. The number of hydrogen-bond acceptors (Lipinski definition) is 2. The van der Waals surface area contributed by atoms with Crippen LogP contribution in [0.5, 0.6) is 0 Å². The maximum absolute atomic E-state index is 5.81. The molecule has 2 aromatic heterocycles. The monoisotopic (exact) mass is 268 g/mol. The van der Waals surface area contributed by atoms with Gasteiger partial charge in [-0.25, -0.2) is 4.98 Å². The second-order valence-corrected chi connectivity index (χ2v) is 3.95. The van der Waals surface area contributed by atoms with Crippen molar-refractivity contribution in [3.63, 3.8) is 0 Å². The van der Waals surface area contributed by atoms with Gasteiger partial charge in [-0.1, -0.05) is 11.6 Å². The van der Waals surface area contributed by atoms with Crippen LogP contribution in [-0.2, 0) is 0 Å². The summed E-state index contributed by atoms with van der Waals surface area (Å²) in [5.41, 5.74) is 1.76. The number of nitrogens with zero attached hydrogens (tertiary/aromatic N) is 2. The highest BCUT2D eigenvalue weighted by Crippen LogP contribution is 2.26. The molecule has 0 aliphatic rings. The molecule has 0 atom stereocenters. The van der Waals surface area contributed by atoms with E-state index in [1.54, 1.807) is 18.5 Å². The summed E-state index contributed by atoms with van der Waals surface area (Å²) < 4.78 is 0.912. The van der Waals surface area contributed by atoms with Crippen molar-refractivity contribution >= 4 is 27.5 Å². The van der Waals surface area contributed by atoms with E-state index >= 15 is 0 Å². The summed E-state index contributed by atoms with van der Waals surface area (Å²) in [6.45, 7) is 0. The summed E-state index contributed by atoms with van der Waals surface area (Å²) in [6, 6.07) is 7.42. The quantitative estimate of drug-likeness (QED) is 0.740. The third kappa shape index (κ3) is 1.94. The van der Waals surface area contributed by atoms with Crippen molar-refractivity contribution in [1.29, 1.82) is 0 Å². The van der Waals surface area contributed by atoms with E-state index < -0.39 is 0 Å². The highest BCUT2D eigenvalue weighted by Gasteiger charge is 2.04. The minimum absolute atomic E-state index is 0.479. The first-order chi connectivity index (χ1) is 6.77. The second kappa shape index (κ2) is 4.07. The average molecular weight is 270 g/mol. The minimum atomic E-state index is 0.479. The fraction of sp³-hybridized carbons (Fsp3) is 0. The Balaban J connectivity index is 2.57. The van der Waals surface area contributed by atoms with E-state index in [0.717, 1.165) is 15.7 Å². The van der Waals surface area contributed by atoms with Crippen LogP contribution in [0.2, 0.25) is 5.15 Å². The van der Waals surface area contributed by atoms with Crippen LogP contribution in [0.25, 0.3) is 11.3 Å². The molecule has 2 heterocycles. The zero-order valence-electron chi connectivity index (χ0n) is 7.11. The molecule has 70 valence electrons. The molecule has 0 saturated carbocycles. The highest BCUT2D eigenvalue weighted by molar-refractivity contribution is 9.10. The molecule has 0 N–H and O–H groups in total. The number of rotatable bonds is 1. The molecule has 0 bridgehead atoms. The molecule has 0 saturated heterocycles. The van der Waals surface area contributed by atoms with Gasteiger partial charge in [-0.2, -0.15) is 0 Å². The lowest BCUT2D eigenvalue weighted by Crippen LogP contribution is -1.86. The van der Waals surface area contributed by atoms with E-state index in [1.165, 1.54) is 0 Å². The Morgan fingerprint density at radius 2 is 2.07 bits per heavy atom. The van der Waals surface area contributed by atoms with E-state index in [9.17, 15) is 0 Å². The molecule has 2 nitrogen and oxygen atoms in total. The Hall–Kier alpha value is -0.930. The molecule has 0 unspecified atom stereocenters. The van der Waals surface area contributed by atoms with Crippen molar-refractivity contribution in [2.24, 2.45) is 0 Å². The number of halogens is 2. The van der Waals surface area contributed by atoms with Crippen LogP contribution >= 0.6 is 27.5 Å². The summed E-state index contributed by atoms with van der Waals surface area (Å²) in [4.78, 5) is 8.25. The molecule has 2 rings (SSSR count). The molecule has 0 fully saturated rings. The van der Waals surface area contributed by atoms with Gasteiger partial charge in [-0.05, 0) is 40.2 Å². The SMILES string of the molecule is Clc1ccc(Br)c(-c2cccnc2)n1. The zero-order valence-corrected chi connectivity index (χ0v) is 9.46. The predicted octanol–water partition coefficient (Wildman–Crippen LogP) is 3.56.